The van der Waals surface area contributed by atoms with E-state index in [-0.39, 0.29) is 0 Å². The molecule has 0 radical (unpaired) electrons. The summed E-state index contributed by atoms with van der Waals surface area (Å²) in [5, 5.41) is 22.7. The van der Waals surface area contributed by atoms with Gasteiger partial charge < -0.3 is 34.0 Å². The number of nitrogens with one attached hydrogen (secondary N) is 1. The fraction of sp³-hybridized carbons (Fsp3) is 0.167. The van der Waals surface area contributed by atoms with Crippen molar-refractivity contribution in [1.29, 1.82) is 0 Å². The third kappa shape index (κ3) is 5.48. The third-order valence-electron chi connectivity index (χ3n) is 5.75. The highest BCUT2D eigenvalue weighted by atomic mass is 16.6. The predicted molar refractivity (Wildman–Crippen MR) is 143 cm³/mol. The first kappa shape index (κ1) is 24.0. The molecule has 1 heterocycles. The van der Waals surface area contributed by atoms with Crippen molar-refractivity contribution in [2.75, 3.05) is 38.0 Å². The molecule has 7 nitrogen and oxygen atoms in total. The van der Waals surface area contributed by atoms with Gasteiger partial charge in [0, 0.05) is 51.3 Å². The number of aromatic amines is 1. The van der Waals surface area contributed by atoms with Gasteiger partial charge in [0.15, 0.2) is 0 Å². The lowest BCUT2D eigenvalue weighted by Crippen LogP contribution is -2.51. The van der Waals surface area contributed by atoms with Crippen molar-refractivity contribution in [2.45, 2.75) is 0 Å². The Kier molecular flexibility index (Phi) is 7.33. The zero-order valence-corrected chi connectivity index (χ0v) is 19.8. The fourth-order valence-electron chi connectivity index (χ4n) is 3.67. The van der Waals surface area contributed by atoms with Crippen LogP contribution in [0.3, 0.4) is 0 Å². The summed E-state index contributed by atoms with van der Waals surface area (Å²) in [7, 11) is 4.31. The maximum atomic E-state index is 10.8. The Balaban J connectivity index is 1.58. The molecule has 0 spiro atoms. The van der Waals surface area contributed by atoms with Crippen molar-refractivity contribution < 1.29 is 19.2 Å². The molecule has 0 saturated carbocycles. The monoisotopic (exact) mass is 455 g/mol. The lowest BCUT2D eigenvalue weighted by Gasteiger charge is -2.21. The van der Waals surface area contributed by atoms with Crippen LogP contribution >= 0.6 is 0 Å². The number of H-pyrrole nitrogens is 1. The van der Waals surface area contributed by atoms with E-state index in [4.69, 9.17) is 9.14 Å². The molecule has 0 bridgehead atoms. The zero-order valence-electron chi connectivity index (χ0n) is 19.8. The van der Waals surface area contributed by atoms with Crippen molar-refractivity contribution in [3.8, 4) is 0 Å². The van der Waals surface area contributed by atoms with Crippen molar-refractivity contribution in [3.05, 3.63) is 79.0 Å². The molecule has 0 atom stereocenters. The van der Waals surface area contributed by atoms with E-state index in [1.807, 2.05) is 117 Å². The van der Waals surface area contributed by atoms with E-state index < -0.39 is 21.4 Å². The highest BCUT2D eigenvalue weighted by Crippen LogP contribution is 2.12. The fourth-order valence-corrected chi connectivity index (χ4v) is 3.67. The van der Waals surface area contributed by atoms with Gasteiger partial charge in [-0.25, -0.2) is 0 Å². The summed E-state index contributed by atoms with van der Waals surface area (Å²) in [6.07, 6.45) is 1.85. The van der Waals surface area contributed by atoms with E-state index in [2.05, 4.69) is 4.98 Å². The number of benzene rings is 3. The topological polar surface area (TPSA) is 81.2 Å². The van der Waals surface area contributed by atoms with Gasteiger partial charge in [-0.3, -0.25) is 0 Å². The highest BCUT2D eigenvalue weighted by molar-refractivity contribution is 6.79. The summed E-state index contributed by atoms with van der Waals surface area (Å²) in [5.41, 5.74) is 4.78. The summed E-state index contributed by atoms with van der Waals surface area (Å²) in [6.45, 7) is 0. The minimum atomic E-state index is -1.25. The molecule has 0 saturated heterocycles. The second-order valence-electron chi connectivity index (χ2n) is 8.61. The van der Waals surface area contributed by atoms with Gasteiger partial charge in [0.1, 0.15) is 0 Å². The van der Waals surface area contributed by atoms with Crippen molar-refractivity contribution in [2.24, 2.45) is 0 Å². The van der Waals surface area contributed by atoms with E-state index in [1.165, 1.54) is 0 Å². The van der Waals surface area contributed by atoms with Gasteiger partial charge in [0.05, 0.1) is 0 Å². The Morgan fingerprint density at radius 3 is 1.59 bits per heavy atom. The largest absolute Gasteiger partial charge is 0.477 e. The Morgan fingerprint density at radius 2 is 1.12 bits per heavy atom. The first-order valence-corrected chi connectivity index (χ1v) is 11.1. The van der Waals surface area contributed by atoms with Gasteiger partial charge in [0.2, 0.25) is 0 Å². The number of rotatable bonds is 9. The lowest BCUT2D eigenvalue weighted by atomic mass is 9.67. The normalized spacial score (nSPS) is 10.9. The van der Waals surface area contributed by atoms with Crippen LogP contribution in [0.1, 0.15) is 0 Å². The van der Waals surface area contributed by atoms with Gasteiger partial charge in [-0.1, -0.05) is 36.4 Å². The van der Waals surface area contributed by atoms with Crippen LogP contribution in [0, 0.1) is 0 Å². The SMILES string of the molecule is CN(C)c1ccc(B(O)OB(OB(O)c2ccc(N(C)C)cc2)c2ccc3cc[nH]c3c2)cc1. The van der Waals surface area contributed by atoms with Gasteiger partial charge in [-0.05, 0) is 58.2 Å². The number of hydrogen-bond donors (Lipinski definition) is 3. The summed E-state index contributed by atoms with van der Waals surface area (Å²) in [5.74, 6) is 0. The molecule has 0 aliphatic heterocycles. The van der Waals surface area contributed by atoms with E-state index in [9.17, 15) is 10.0 Å². The van der Waals surface area contributed by atoms with Crippen LogP contribution in [0.2, 0.25) is 0 Å². The minimum Gasteiger partial charge on any atom is -0.444 e. The molecule has 0 amide bonds. The predicted octanol–water partition coefficient (Wildman–Crippen LogP) is 0.804. The van der Waals surface area contributed by atoms with E-state index in [0.29, 0.717) is 16.4 Å². The molecule has 3 aromatic carbocycles. The summed E-state index contributed by atoms with van der Waals surface area (Å²) >= 11 is 0. The first-order valence-electron chi connectivity index (χ1n) is 11.1. The maximum Gasteiger partial charge on any atom is 0.477 e. The number of fused-ring (bicyclic) bond motifs is 1. The molecule has 10 heteroatoms. The second kappa shape index (κ2) is 10.4. The van der Waals surface area contributed by atoms with Gasteiger partial charge >= 0.3 is 21.4 Å². The van der Waals surface area contributed by atoms with Gasteiger partial charge in [-0.15, -0.1) is 0 Å². The molecule has 0 aliphatic rings. The smallest absolute Gasteiger partial charge is 0.444 e. The Labute approximate surface area is 201 Å². The van der Waals surface area contributed by atoms with Crippen LogP contribution in [0.15, 0.2) is 79.0 Å². The van der Waals surface area contributed by atoms with Crippen molar-refractivity contribution >= 4 is 60.0 Å². The summed E-state index contributed by atoms with van der Waals surface area (Å²) < 4.78 is 11.9. The van der Waals surface area contributed by atoms with Gasteiger partial charge in [0.25, 0.3) is 0 Å². The second-order valence-corrected chi connectivity index (χ2v) is 8.61. The molecule has 3 N–H and O–H groups in total. The minimum absolute atomic E-state index is 0.588. The summed E-state index contributed by atoms with van der Waals surface area (Å²) in [6, 6.07) is 22.5. The number of hydrogen-bond acceptors (Lipinski definition) is 6. The standard InChI is InChI=1S/C24H28B3N3O4/c1-29(2)22-11-7-19(8-12-22)25(31)33-27(21-6-5-18-15-16-28-24(18)17-21)34-26(32)20-9-13-23(14-10-20)30(3)4/h5-17,28,31-32H,1-4H3. The van der Waals surface area contributed by atoms with Crippen molar-refractivity contribution in [1.82, 2.24) is 4.98 Å². The van der Waals surface area contributed by atoms with Crippen molar-refractivity contribution in [3.63, 3.8) is 0 Å². The molecule has 4 aromatic rings. The molecular formula is C24H28B3N3O4. The van der Waals surface area contributed by atoms with Crippen LogP contribution < -0.4 is 26.2 Å². The zero-order chi connectivity index (χ0) is 24.2. The van der Waals surface area contributed by atoms with E-state index >= 15 is 0 Å². The highest BCUT2D eigenvalue weighted by Gasteiger charge is 2.33. The molecule has 34 heavy (non-hydrogen) atoms. The Bertz CT molecular complexity index is 1160. The summed E-state index contributed by atoms with van der Waals surface area (Å²) in [4.78, 5) is 7.13. The van der Waals surface area contributed by atoms with Crippen LogP contribution in [-0.2, 0) is 9.14 Å². The van der Waals surface area contributed by atoms with E-state index in [0.717, 1.165) is 22.3 Å². The number of nitrogens with zero attached hydrogens (tertiary/aromatic N) is 2. The number of anilines is 2. The first-order chi connectivity index (χ1) is 16.3. The number of aromatic nitrogens is 1. The molecule has 0 fully saturated rings. The molecule has 172 valence electrons. The van der Waals surface area contributed by atoms with Crippen LogP contribution in [-0.4, -0.2) is 64.6 Å². The lowest BCUT2D eigenvalue weighted by molar-refractivity contribution is 0.356. The molecule has 1 aromatic heterocycles. The molecule has 4 rings (SSSR count). The third-order valence-corrected chi connectivity index (χ3v) is 5.75. The van der Waals surface area contributed by atoms with Crippen LogP contribution in [0.5, 0.6) is 0 Å². The van der Waals surface area contributed by atoms with E-state index in [1.54, 1.807) is 0 Å². The molecule has 0 aliphatic carbocycles. The van der Waals surface area contributed by atoms with Crippen LogP contribution in [0.25, 0.3) is 10.9 Å². The Morgan fingerprint density at radius 1 is 0.647 bits per heavy atom. The molecular weight excluding hydrogens is 427 g/mol. The Hall–Kier alpha value is -3.17. The quantitative estimate of drug-likeness (QED) is 0.325. The average Bonchev–Trinajstić information content (AvgIpc) is 3.31. The maximum absolute atomic E-state index is 10.8. The van der Waals surface area contributed by atoms with Gasteiger partial charge in [-0.2, -0.15) is 0 Å². The van der Waals surface area contributed by atoms with Crippen LogP contribution in [0.4, 0.5) is 11.4 Å². The molecule has 0 unspecified atom stereocenters. The average molecular weight is 455 g/mol.